The Bertz CT molecular complexity index is 1700. The van der Waals surface area contributed by atoms with Gasteiger partial charge in [-0.05, 0) is 64.3 Å². The van der Waals surface area contributed by atoms with Crippen LogP contribution in [0.25, 0.3) is 21.5 Å². The van der Waals surface area contributed by atoms with Gasteiger partial charge in [0.2, 0.25) is 11.8 Å². The van der Waals surface area contributed by atoms with E-state index in [1.54, 1.807) is 0 Å². The average Bonchev–Trinajstić information content (AvgIpc) is 3.05. The summed E-state index contributed by atoms with van der Waals surface area (Å²) in [6.07, 6.45) is 3.88. The molecule has 248 valence electrons. The molecular weight excluding hydrogens is 584 g/mol. The van der Waals surface area contributed by atoms with Crippen molar-refractivity contribution >= 4 is 39.3 Å². The molecule has 8 heteroatoms. The van der Waals surface area contributed by atoms with Gasteiger partial charge in [-0.1, -0.05) is 98.8 Å². The van der Waals surface area contributed by atoms with E-state index >= 15 is 0 Å². The summed E-state index contributed by atoms with van der Waals surface area (Å²) in [6.45, 7) is 8.79. The maximum Gasteiger partial charge on any atom is 0.245 e. The van der Waals surface area contributed by atoms with Crippen molar-refractivity contribution in [1.82, 2.24) is 15.1 Å². The van der Waals surface area contributed by atoms with E-state index in [2.05, 4.69) is 107 Å². The molecule has 0 radical (unpaired) electrons. The normalized spacial score (nSPS) is 17.6. The predicted molar refractivity (Wildman–Crippen MR) is 193 cm³/mol. The number of aliphatic imine (C=N–C) groups is 1. The molecule has 0 aliphatic carbocycles. The number of rotatable bonds is 13. The van der Waals surface area contributed by atoms with Gasteiger partial charge in [-0.2, -0.15) is 0 Å². The molecule has 47 heavy (non-hydrogen) atoms. The first kappa shape index (κ1) is 33.9. The molecular formula is C39H50N6O2. The highest BCUT2D eigenvalue weighted by Crippen LogP contribution is 2.26. The molecule has 1 heterocycles. The zero-order chi connectivity index (χ0) is 33.3. The number of carbonyl (C=O) groups is 2. The van der Waals surface area contributed by atoms with Crippen LogP contribution in [0.2, 0.25) is 0 Å². The third-order valence-electron chi connectivity index (χ3n) is 9.26. The number of nitrogens with one attached hydrogen (secondary N) is 1. The summed E-state index contributed by atoms with van der Waals surface area (Å²) in [4.78, 5) is 35.8. The number of nitrogens with zero attached hydrogens (tertiary/aromatic N) is 3. The van der Waals surface area contributed by atoms with Crippen LogP contribution in [0.3, 0.4) is 0 Å². The second kappa shape index (κ2) is 15.9. The Kier molecular flexibility index (Phi) is 11.5. The van der Waals surface area contributed by atoms with Crippen molar-refractivity contribution in [3.8, 4) is 0 Å². The number of hydrogen-bond acceptors (Lipinski definition) is 4. The summed E-state index contributed by atoms with van der Waals surface area (Å²) in [6, 6.07) is 29.2. The Labute approximate surface area is 279 Å². The Morgan fingerprint density at radius 1 is 0.851 bits per heavy atom. The summed E-state index contributed by atoms with van der Waals surface area (Å²) in [5.74, 6) is 0.323. The average molecular weight is 635 g/mol. The maximum atomic E-state index is 14.5. The van der Waals surface area contributed by atoms with Gasteiger partial charge in [-0.15, -0.1) is 0 Å². The largest absolute Gasteiger partial charge is 0.370 e. The second-order valence-corrected chi connectivity index (χ2v) is 13.4. The third kappa shape index (κ3) is 9.32. The van der Waals surface area contributed by atoms with Crippen molar-refractivity contribution in [2.75, 3.05) is 26.2 Å². The van der Waals surface area contributed by atoms with E-state index in [0.29, 0.717) is 25.4 Å². The molecule has 2 unspecified atom stereocenters. The molecule has 8 nitrogen and oxygen atoms in total. The minimum absolute atomic E-state index is 0.0235. The standard InChI is InChI=1S/C39H50N6O2/c1-27(2)21-36-26-45(38(47)37(43-28(3)46)24-30-15-17-32-10-5-7-12-34(32)23-30)35(13-8-19-42-39(40)41)25-44(36)20-18-29-14-16-31-9-4-6-11-33(31)22-29/h4-7,9-12,14-17,22-23,27,35-37H,8,13,18-21,24-26H2,1-3H3,(H,43,46)(H4,40,41,42)/t35?,36?,37-/m1/s1. The summed E-state index contributed by atoms with van der Waals surface area (Å²) < 4.78 is 0. The number of hydrogen-bond donors (Lipinski definition) is 3. The van der Waals surface area contributed by atoms with Crippen molar-refractivity contribution < 1.29 is 9.59 Å². The first-order chi connectivity index (χ1) is 22.7. The van der Waals surface area contributed by atoms with Crippen LogP contribution in [-0.4, -0.2) is 71.9 Å². The fourth-order valence-corrected chi connectivity index (χ4v) is 7.02. The number of guanidine groups is 1. The lowest BCUT2D eigenvalue weighted by molar-refractivity contribution is -0.142. The van der Waals surface area contributed by atoms with Gasteiger partial charge in [0.25, 0.3) is 0 Å². The van der Waals surface area contributed by atoms with E-state index in [-0.39, 0.29) is 29.9 Å². The van der Waals surface area contributed by atoms with Gasteiger partial charge in [0.05, 0.1) is 0 Å². The van der Waals surface area contributed by atoms with E-state index in [1.165, 1.54) is 23.3 Å². The van der Waals surface area contributed by atoms with Gasteiger partial charge in [0, 0.05) is 51.6 Å². The smallest absolute Gasteiger partial charge is 0.245 e. The van der Waals surface area contributed by atoms with Crippen LogP contribution in [0.5, 0.6) is 0 Å². The Balaban J connectivity index is 1.38. The Hall–Kier alpha value is -4.43. The van der Waals surface area contributed by atoms with Crippen LogP contribution < -0.4 is 16.8 Å². The van der Waals surface area contributed by atoms with Crippen molar-refractivity contribution in [2.24, 2.45) is 22.4 Å². The number of amides is 2. The molecule has 4 aromatic rings. The number of fused-ring (bicyclic) bond motifs is 2. The zero-order valence-electron chi connectivity index (χ0n) is 28.1. The SMILES string of the molecule is CC(=O)N[C@H](Cc1ccc2ccccc2c1)C(=O)N1CC(CC(C)C)N(CCc2ccc3ccccc3c2)CC1CCCN=C(N)N. The van der Waals surface area contributed by atoms with Gasteiger partial charge >= 0.3 is 0 Å². The highest BCUT2D eigenvalue weighted by atomic mass is 16.2. The van der Waals surface area contributed by atoms with E-state index in [9.17, 15) is 9.59 Å². The van der Waals surface area contributed by atoms with Crippen LogP contribution >= 0.6 is 0 Å². The van der Waals surface area contributed by atoms with Gasteiger partial charge < -0.3 is 21.7 Å². The van der Waals surface area contributed by atoms with E-state index < -0.39 is 6.04 Å². The number of piperazine rings is 1. The molecule has 2 amide bonds. The van der Waals surface area contributed by atoms with Crippen LogP contribution in [0.15, 0.2) is 89.9 Å². The topological polar surface area (TPSA) is 117 Å². The predicted octanol–water partition coefficient (Wildman–Crippen LogP) is 5.26. The number of nitrogens with two attached hydrogens (primary N) is 2. The van der Waals surface area contributed by atoms with Gasteiger partial charge in [0.1, 0.15) is 6.04 Å². The van der Waals surface area contributed by atoms with E-state index in [4.69, 9.17) is 11.5 Å². The molecule has 1 saturated heterocycles. The molecule has 5 N–H and O–H groups in total. The molecule has 4 aromatic carbocycles. The molecule has 0 bridgehead atoms. The van der Waals surface area contributed by atoms with E-state index in [1.807, 2.05) is 12.1 Å². The van der Waals surface area contributed by atoms with Gasteiger partial charge in [-0.3, -0.25) is 19.5 Å². The number of carbonyl (C=O) groups excluding carboxylic acids is 2. The molecule has 1 aliphatic heterocycles. The lowest BCUT2D eigenvalue weighted by Gasteiger charge is -2.48. The van der Waals surface area contributed by atoms with Crippen LogP contribution in [0, 0.1) is 5.92 Å². The summed E-state index contributed by atoms with van der Waals surface area (Å²) in [7, 11) is 0. The molecule has 1 aliphatic rings. The second-order valence-electron chi connectivity index (χ2n) is 13.4. The summed E-state index contributed by atoms with van der Waals surface area (Å²) in [5, 5.41) is 7.78. The molecule has 3 atom stereocenters. The molecule has 0 aromatic heterocycles. The first-order valence-corrected chi connectivity index (χ1v) is 17.0. The molecule has 0 spiro atoms. The Morgan fingerprint density at radius 3 is 2.09 bits per heavy atom. The number of benzene rings is 4. The highest BCUT2D eigenvalue weighted by molar-refractivity contribution is 5.88. The molecule has 0 saturated carbocycles. The van der Waals surface area contributed by atoms with Crippen molar-refractivity contribution in [3.05, 3.63) is 96.1 Å². The zero-order valence-corrected chi connectivity index (χ0v) is 28.1. The highest BCUT2D eigenvalue weighted by Gasteiger charge is 2.38. The van der Waals surface area contributed by atoms with Crippen LogP contribution in [-0.2, 0) is 22.4 Å². The van der Waals surface area contributed by atoms with Crippen molar-refractivity contribution in [3.63, 3.8) is 0 Å². The minimum Gasteiger partial charge on any atom is -0.370 e. The summed E-state index contributed by atoms with van der Waals surface area (Å²) >= 11 is 0. The van der Waals surface area contributed by atoms with Gasteiger partial charge in [-0.25, -0.2) is 0 Å². The van der Waals surface area contributed by atoms with Crippen LogP contribution in [0.1, 0.15) is 51.2 Å². The monoisotopic (exact) mass is 634 g/mol. The fraction of sp³-hybridized carbons (Fsp3) is 0.410. The molecule has 5 rings (SSSR count). The van der Waals surface area contributed by atoms with E-state index in [0.717, 1.165) is 55.1 Å². The minimum atomic E-state index is -0.655. The van der Waals surface area contributed by atoms with Gasteiger partial charge in [0.15, 0.2) is 5.96 Å². The molecule has 1 fully saturated rings. The maximum absolute atomic E-state index is 14.5. The summed E-state index contributed by atoms with van der Waals surface area (Å²) in [5.41, 5.74) is 13.6. The lowest BCUT2D eigenvalue weighted by Crippen LogP contribution is -2.63. The lowest BCUT2D eigenvalue weighted by atomic mass is 9.93. The van der Waals surface area contributed by atoms with Crippen molar-refractivity contribution in [1.29, 1.82) is 0 Å². The Morgan fingerprint density at radius 2 is 1.47 bits per heavy atom. The fourth-order valence-electron chi connectivity index (χ4n) is 7.02. The van der Waals surface area contributed by atoms with Crippen LogP contribution in [0.4, 0.5) is 0 Å². The first-order valence-electron chi connectivity index (χ1n) is 17.0. The quantitative estimate of drug-likeness (QED) is 0.105. The third-order valence-corrected chi connectivity index (χ3v) is 9.26. The van der Waals surface area contributed by atoms with Crippen molar-refractivity contribution in [2.45, 2.75) is 71.0 Å².